The van der Waals surface area contributed by atoms with Gasteiger partial charge in [0.25, 0.3) is 5.91 Å². The Morgan fingerprint density at radius 1 is 1.25 bits per heavy atom. The van der Waals surface area contributed by atoms with Crippen LogP contribution in [0.3, 0.4) is 0 Å². The van der Waals surface area contributed by atoms with Gasteiger partial charge in [0, 0.05) is 19.1 Å². The third-order valence-electron chi connectivity index (χ3n) is 3.62. The highest BCUT2D eigenvalue weighted by Gasteiger charge is 2.29. The highest BCUT2D eigenvalue weighted by molar-refractivity contribution is 5.99. The van der Waals surface area contributed by atoms with Crippen LogP contribution in [0.15, 0.2) is 18.2 Å². The summed E-state index contributed by atoms with van der Waals surface area (Å²) in [7, 11) is 3.10. The molecule has 5 nitrogen and oxygen atoms in total. The first kappa shape index (κ1) is 14.7. The van der Waals surface area contributed by atoms with E-state index in [-0.39, 0.29) is 11.9 Å². The molecule has 0 saturated carbocycles. The second-order valence-corrected chi connectivity index (χ2v) is 5.35. The number of hydrogen-bond donors (Lipinski definition) is 1. The third-order valence-corrected chi connectivity index (χ3v) is 3.62. The summed E-state index contributed by atoms with van der Waals surface area (Å²) in [5, 5.41) is 0. The zero-order valence-corrected chi connectivity index (χ0v) is 12.3. The van der Waals surface area contributed by atoms with E-state index in [0.717, 1.165) is 6.42 Å². The molecular weight excluding hydrogens is 256 g/mol. The van der Waals surface area contributed by atoms with Crippen molar-refractivity contribution in [1.82, 2.24) is 4.90 Å². The monoisotopic (exact) mass is 278 g/mol. The lowest BCUT2D eigenvalue weighted by Gasteiger charge is -2.35. The summed E-state index contributed by atoms with van der Waals surface area (Å²) in [5.74, 6) is 1.38. The molecule has 0 aromatic heterocycles. The molecule has 0 bridgehead atoms. The standard InChI is InChI=1S/C15H22N2O3/c1-10-7-11(16)9-17(8-10)15(18)14-12(19-2)5-4-6-13(14)20-3/h4-6,10-11H,7-9,16H2,1-3H3. The number of carbonyl (C=O) groups is 1. The van der Waals surface area contributed by atoms with Crippen LogP contribution in [0.1, 0.15) is 23.7 Å². The van der Waals surface area contributed by atoms with Crippen LogP contribution in [0, 0.1) is 5.92 Å². The van der Waals surface area contributed by atoms with Gasteiger partial charge in [0.05, 0.1) is 14.2 Å². The highest BCUT2D eigenvalue weighted by Crippen LogP contribution is 2.30. The molecule has 1 saturated heterocycles. The minimum Gasteiger partial charge on any atom is -0.496 e. The molecule has 20 heavy (non-hydrogen) atoms. The van der Waals surface area contributed by atoms with Gasteiger partial charge in [0.1, 0.15) is 17.1 Å². The molecule has 1 aromatic carbocycles. The number of methoxy groups -OCH3 is 2. The summed E-state index contributed by atoms with van der Waals surface area (Å²) in [4.78, 5) is 14.6. The van der Waals surface area contributed by atoms with Gasteiger partial charge in [-0.15, -0.1) is 0 Å². The van der Waals surface area contributed by atoms with Crippen LogP contribution < -0.4 is 15.2 Å². The highest BCUT2D eigenvalue weighted by atomic mass is 16.5. The predicted molar refractivity (Wildman–Crippen MR) is 77.2 cm³/mol. The SMILES string of the molecule is COc1cccc(OC)c1C(=O)N1CC(C)CC(N)C1. The van der Waals surface area contributed by atoms with E-state index in [0.29, 0.717) is 36.1 Å². The Morgan fingerprint density at radius 3 is 2.35 bits per heavy atom. The molecule has 5 heteroatoms. The van der Waals surface area contributed by atoms with Crippen molar-refractivity contribution >= 4 is 5.91 Å². The second-order valence-electron chi connectivity index (χ2n) is 5.35. The van der Waals surface area contributed by atoms with Gasteiger partial charge in [-0.3, -0.25) is 4.79 Å². The Bertz CT molecular complexity index is 458. The zero-order chi connectivity index (χ0) is 14.7. The van der Waals surface area contributed by atoms with E-state index in [1.54, 1.807) is 37.3 Å². The fraction of sp³-hybridized carbons (Fsp3) is 0.533. The van der Waals surface area contributed by atoms with Crippen molar-refractivity contribution in [2.75, 3.05) is 27.3 Å². The molecule has 1 heterocycles. The van der Waals surface area contributed by atoms with E-state index in [2.05, 4.69) is 6.92 Å². The quantitative estimate of drug-likeness (QED) is 0.910. The maximum atomic E-state index is 12.8. The van der Waals surface area contributed by atoms with E-state index < -0.39 is 0 Å². The molecule has 0 aliphatic carbocycles. The van der Waals surface area contributed by atoms with Crippen LogP contribution in [-0.2, 0) is 0 Å². The molecule has 110 valence electrons. The average Bonchev–Trinajstić information content (AvgIpc) is 2.44. The van der Waals surface area contributed by atoms with Gasteiger partial charge in [-0.05, 0) is 24.5 Å². The predicted octanol–water partition coefficient (Wildman–Crippen LogP) is 1.51. The normalized spacial score (nSPS) is 22.5. The van der Waals surface area contributed by atoms with Crippen LogP contribution in [0.25, 0.3) is 0 Å². The Kier molecular flexibility index (Phi) is 4.49. The first-order chi connectivity index (χ1) is 9.56. The van der Waals surface area contributed by atoms with Crippen LogP contribution in [0.5, 0.6) is 11.5 Å². The van der Waals surface area contributed by atoms with Gasteiger partial charge >= 0.3 is 0 Å². The average molecular weight is 278 g/mol. The summed E-state index contributed by atoms with van der Waals surface area (Å²) in [6, 6.07) is 5.37. The summed E-state index contributed by atoms with van der Waals surface area (Å²) < 4.78 is 10.6. The molecule has 2 atom stereocenters. The van der Waals surface area contributed by atoms with Crippen LogP contribution >= 0.6 is 0 Å². The van der Waals surface area contributed by atoms with E-state index in [1.807, 2.05) is 0 Å². The number of benzene rings is 1. The van der Waals surface area contributed by atoms with Crippen molar-refractivity contribution in [3.63, 3.8) is 0 Å². The van der Waals surface area contributed by atoms with E-state index in [1.165, 1.54) is 0 Å². The smallest absolute Gasteiger partial charge is 0.261 e. The second kappa shape index (κ2) is 6.13. The number of piperidine rings is 1. The number of nitrogens with two attached hydrogens (primary N) is 1. The fourth-order valence-electron chi connectivity index (χ4n) is 2.79. The van der Waals surface area contributed by atoms with Gasteiger partial charge in [-0.2, -0.15) is 0 Å². The summed E-state index contributed by atoms with van der Waals surface area (Å²) in [6.45, 7) is 3.40. The third kappa shape index (κ3) is 2.88. The molecule has 1 aliphatic rings. The molecule has 1 aromatic rings. The first-order valence-electron chi connectivity index (χ1n) is 6.82. The summed E-state index contributed by atoms with van der Waals surface area (Å²) in [6.07, 6.45) is 0.951. The van der Waals surface area contributed by atoms with Gasteiger partial charge in [-0.25, -0.2) is 0 Å². The van der Waals surface area contributed by atoms with Gasteiger partial charge in [-0.1, -0.05) is 13.0 Å². The summed E-state index contributed by atoms with van der Waals surface area (Å²) in [5.41, 5.74) is 6.49. The maximum Gasteiger partial charge on any atom is 0.261 e. The van der Waals surface area contributed by atoms with Crippen molar-refractivity contribution in [3.05, 3.63) is 23.8 Å². The fourth-order valence-corrected chi connectivity index (χ4v) is 2.79. The van der Waals surface area contributed by atoms with Crippen molar-refractivity contribution in [1.29, 1.82) is 0 Å². The zero-order valence-electron chi connectivity index (χ0n) is 12.3. The minimum atomic E-state index is -0.0821. The van der Waals surface area contributed by atoms with Crippen molar-refractivity contribution < 1.29 is 14.3 Å². The molecule has 0 spiro atoms. The Hall–Kier alpha value is -1.75. The van der Waals surface area contributed by atoms with E-state index >= 15 is 0 Å². The van der Waals surface area contributed by atoms with Crippen molar-refractivity contribution in [2.45, 2.75) is 19.4 Å². The lowest BCUT2D eigenvalue weighted by Crippen LogP contribution is -2.48. The minimum absolute atomic E-state index is 0.0309. The largest absolute Gasteiger partial charge is 0.496 e. The molecule has 0 radical (unpaired) electrons. The van der Waals surface area contributed by atoms with Crippen molar-refractivity contribution in [3.8, 4) is 11.5 Å². The lowest BCUT2D eigenvalue weighted by molar-refractivity contribution is 0.0654. The van der Waals surface area contributed by atoms with E-state index in [4.69, 9.17) is 15.2 Å². The number of likely N-dealkylation sites (tertiary alicyclic amines) is 1. The van der Waals surface area contributed by atoms with Crippen LogP contribution in [0.2, 0.25) is 0 Å². The molecule has 1 aliphatic heterocycles. The Morgan fingerprint density at radius 2 is 1.85 bits per heavy atom. The molecule has 2 unspecified atom stereocenters. The molecular formula is C15H22N2O3. The number of amides is 1. The molecule has 2 N–H and O–H groups in total. The topological polar surface area (TPSA) is 64.8 Å². The molecule has 2 rings (SSSR count). The number of carbonyl (C=O) groups excluding carboxylic acids is 1. The maximum absolute atomic E-state index is 12.8. The van der Waals surface area contributed by atoms with Crippen molar-refractivity contribution in [2.24, 2.45) is 11.7 Å². The number of nitrogens with zero attached hydrogens (tertiary/aromatic N) is 1. The number of rotatable bonds is 3. The number of hydrogen-bond acceptors (Lipinski definition) is 4. The molecule has 1 amide bonds. The van der Waals surface area contributed by atoms with Crippen LogP contribution in [-0.4, -0.2) is 44.2 Å². The Balaban J connectivity index is 2.32. The van der Waals surface area contributed by atoms with Gasteiger partial charge in [0.2, 0.25) is 0 Å². The lowest BCUT2D eigenvalue weighted by atomic mass is 9.96. The van der Waals surface area contributed by atoms with Gasteiger partial charge < -0.3 is 20.1 Å². The van der Waals surface area contributed by atoms with E-state index in [9.17, 15) is 4.79 Å². The first-order valence-corrected chi connectivity index (χ1v) is 6.82. The number of ether oxygens (including phenoxy) is 2. The Labute approximate surface area is 119 Å². The summed E-state index contributed by atoms with van der Waals surface area (Å²) >= 11 is 0. The van der Waals surface area contributed by atoms with Crippen LogP contribution in [0.4, 0.5) is 0 Å². The molecule has 1 fully saturated rings. The van der Waals surface area contributed by atoms with Gasteiger partial charge in [0.15, 0.2) is 0 Å².